The van der Waals surface area contributed by atoms with E-state index in [9.17, 15) is 9.18 Å². The number of hydrogen-bond acceptors (Lipinski definition) is 5. The largest absolute Gasteiger partial charge is 0.302 e. The second-order valence-corrected chi connectivity index (χ2v) is 7.60. The summed E-state index contributed by atoms with van der Waals surface area (Å²) < 4.78 is 15.0. The number of carbonyl (C=O) groups excluding carboxylic acids is 1. The molecule has 0 radical (unpaired) electrons. The number of carbonyl (C=O) groups is 1. The van der Waals surface area contributed by atoms with Crippen LogP contribution in [0.2, 0.25) is 0 Å². The van der Waals surface area contributed by atoms with Crippen LogP contribution in [-0.2, 0) is 11.2 Å². The molecular formula is C17H12FN3OS2. The van der Waals surface area contributed by atoms with Crippen LogP contribution >= 0.6 is 22.7 Å². The van der Waals surface area contributed by atoms with Crippen molar-refractivity contribution in [3.05, 3.63) is 52.8 Å². The summed E-state index contributed by atoms with van der Waals surface area (Å²) in [6.45, 7) is 1.98. The van der Waals surface area contributed by atoms with E-state index >= 15 is 0 Å². The van der Waals surface area contributed by atoms with Crippen molar-refractivity contribution < 1.29 is 9.18 Å². The minimum atomic E-state index is -0.312. The van der Waals surface area contributed by atoms with Gasteiger partial charge in [0.05, 0.1) is 26.3 Å². The van der Waals surface area contributed by atoms with Gasteiger partial charge in [-0.15, -0.1) is 11.3 Å². The quantitative estimate of drug-likeness (QED) is 0.586. The van der Waals surface area contributed by atoms with Gasteiger partial charge in [0.2, 0.25) is 5.91 Å². The molecule has 2 heterocycles. The van der Waals surface area contributed by atoms with E-state index in [1.54, 1.807) is 23.5 Å². The third-order valence-corrected chi connectivity index (χ3v) is 5.47. The SMILES string of the molecule is Cc1nc2c(ccc3nc(NC(=O)Cc4ccc(F)cc4)sc32)s1. The number of nitrogens with zero attached hydrogens (tertiary/aromatic N) is 2. The predicted octanol–water partition coefficient (Wildman–Crippen LogP) is 4.53. The number of thiazole rings is 2. The van der Waals surface area contributed by atoms with Crippen molar-refractivity contribution in [2.45, 2.75) is 13.3 Å². The van der Waals surface area contributed by atoms with Crippen molar-refractivity contribution in [2.75, 3.05) is 5.32 Å². The molecule has 4 aromatic rings. The Morgan fingerprint density at radius 1 is 1.12 bits per heavy atom. The highest BCUT2D eigenvalue weighted by atomic mass is 32.1. The Balaban J connectivity index is 1.58. The zero-order valence-electron chi connectivity index (χ0n) is 12.7. The minimum absolute atomic E-state index is 0.175. The number of anilines is 1. The zero-order chi connectivity index (χ0) is 16.7. The van der Waals surface area contributed by atoms with Crippen LogP contribution < -0.4 is 5.32 Å². The van der Waals surface area contributed by atoms with Crippen LogP contribution in [0.3, 0.4) is 0 Å². The Labute approximate surface area is 145 Å². The number of fused-ring (bicyclic) bond motifs is 3. The normalized spacial score (nSPS) is 11.2. The number of aryl methyl sites for hydroxylation is 1. The van der Waals surface area contributed by atoms with Gasteiger partial charge in [-0.2, -0.15) is 0 Å². The lowest BCUT2D eigenvalue weighted by Gasteiger charge is -2.01. The first-order chi connectivity index (χ1) is 11.6. The lowest BCUT2D eigenvalue weighted by Crippen LogP contribution is -2.14. The van der Waals surface area contributed by atoms with Crippen LogP contribution in [-0.4, -0.2) is 15.9 Å². The van der Waals surface area contributed by atoms with Crippen molar-refractivity contribution in [2.24, 2.45) is 0 Å². The summed E-state index contributed by atoms with van der Waals surface area (Å²) in [7, 11) is 0. The number of benzene rings is 2. The average Bonchev–Trinajstić information content (AvgIpc) is 3.11. The maximum Gasteiger partial charge on any atom is 0.230 e. The molecule has 0 aliphatic carbocycles. The van der Waals surface area contributed by atoms with Gasteiger partial charge < -0.3 is 5.32 Å². The molecule has 2 aromatic carbocycles. The van der Waals surface area contributed by atoms with E-state index in [4.69, 9.17) is 0 Å². The first-order valence-electron chi connectivity index (χ1n) is 7.29. The van der Waals surface area contributed by atoms with Crippen molar-refractivity contribution in [3.8, 4) is 0 Å². The van der Waals surface area contributed by atoms with Gasteiger partial charge in [0.1, 0.15) is 11.3 Å². The average molecular weight is 357 g/mol. The fraction of sp³-hybridized carbons (Fsp3) is 0.118. The number of nitrogens with one attached hydrogen (secondary N) is 1. The predicted molar refractivity (Wildman–Crippen MR) is 96.3 cm³/mol. The van der Waals surface area contributed by atoms with Gasteiger partial charge in [0.15, 0.2) is 5.13 Å². The van der Waals surface area contributed by atoms with Crippen LogP contribution in [0.5, 0.6) is 0 Å². The Morgan fingerprint density at radius 3 is 2.71 bits per heavy atom. The summed E-state index contributed by atoms with van der Waals surface area (Å²) in [4.78, 5) is 21.2. The highest BCUT2D eigenvalue weighted by Crippen LogP contribution is 2.34. The molecular weight excluding hydrogens is 345 g/mol. The van der Waals surface area contributed by atoms with Crippen molar-refractivity contribution in [3.63, 3.8) is 0 Å². The number of amides is 1. The van der Waals surface area contributed by atoms with Gasteiger partial charge in [-0.3, -0.25) is 4.79 Å². The topological polar surface area (TPSA) is 54.9 Å². The van der Waals surface area contributed by atoms with Crippen molar-refractivity contribution in [1.29, 1.82) is 0 Å². The van der Waals surface area contributed by atoms with Crippen LogP contribution in [0.15, 0.2) is 36.4 Å². The van der Waals surface area contributed by atoms with Crippen molar-refractivity contribution in [1.82, 2.24) is 9.97 Å². The Bertz CT molecular complexity index is 1050. The lowest BCUT2D eigenvalue weighted by atomic mass is 10.1. The molecule has 4 nitrogen and oxygen atoms in total. The standard InChI is InChI=1S/C17H12FN3OS2/c1-9-19-15-13(23-9)7-6-12-16(15)24-17(20-12)21-14(22)8-10-2-4-11(18)5-3-10/h2-7H,8H2,1H3,(H,20,21,22). The van der Waals surface area contributed by atoms with Crippen LogP contribution in [0.4, 0.5) is 9.52 Å². The Kier molecular flexibility index (Phi) is 3.74. The summed E-state index contributed by atoms with van der Waals surface area (Å²) in [5.74, 6) is -0.487. The van der Waals surface area contributed by atoms with Crippen LogP contribution in [0, 0.1) is 12.7 Å². The van der Waals surface area contributed by atoms with E-state index in [0.717, 1.165) is 31.0 Å². The first-order valence-corrected chi connectivity index (χ1v) is 8.93. The molecule has 0 atom stereocenters. The number of aromatic nitrogens is 2. The third-order valence-electron chi connectivity index (χ3n) is 3.55. The number of hydrogen-bond donors (Lipinski definition) is 1. The van der Waals surface area contributed by atoms with E-state index in [2.05, 4.69) is 15.3 Å². The Morgan fingerprint density at radius 2 is 1.92 bits per heavy atom. The smallest absolute Gasteiger partial charge is 0.230 e. The maximum absolute atomic E-state index is 12.9. The van der Waals surface area contributed by atoms with Gasteiger partial charge >= 0.3 is 0 Å². The molecule has 0 saturated carbocycles. The van der Waals surface area contributed by atoms with E-state index in [1.165, 1.54) is 23.5 Å². The third kappa shape index (κ3) is 2.88. The molecule has 4 rings (SSSR count). The fourth-order valence-corrected chi connectivity index (χ4v) is 4.37. The molecule has 0 spiro atoms. The van der Waals surface area contributed by atoms with Gasteiger partial charge in [-0.1, -0.05) is 23.5 Å². The summed E-state index contributed by atoms with van der Waals surface area (Å²) in [5, 5.41) is 4.37. The van der Waals surface area contributed by atoms with Gasteiger partial charge in [-0.05, 0) is 36.8 Å². The van der Waals surface area contributed by atoms with E-state index in [1.807, 2.05) is 19.1 Å². The highest BCUT2D eigenvalue weighted by Gasteiger charge is 2.13. The number of halogens is 1. The molecule has 120 valence electrons. The molecule has 1 amide bonds. The zero-order valence-corrected chi connectivity index (χ0v) is 14.3. The maximum atomic E-state index is 12.9. The minimum Gasteiger partial charge on any atom is -0.302 e. The van der Waals surface area contributed by atoms with E-state index < -0.39 is 0 Å². The molecule has 0 aliphatic heterocycles. The summed E-state index contributed by atoms with van der Waals surface area (Å²) in [6, 6.07) is 9.86. The first kappa shape index (κ1) is 15.2. The molecule has 2 aromatic heterocycles. The van der Waals surface area contributed by atoms with Crippen LogP contribution in [0.25, 0.3) is 20.4 Å². The summed E-state index contributed by atoms with van der Waals surface area (Å²) in [5.41, 5.74) is 2.52. The summed E-state index contributed by atoms with van der Waals surface area (Å²) >= 11 is 3.07. The van der Waals surface area contributed by atoms with E-state index in [-0.39, 0.29) is 18.1 Å². The Hall–Kier alpha value is -2.38. The molecule has 7 heteroatoms. The van der Waals surface area contributed by atoms with Gasteiger partial charge in [-0.25, -0.2) is 14.4 Å². The molecule has 24 heavy (non-hydrogen) atoms. The van der Waals surface area contributed by atoms with Gasteiger partial charge in [0, 0.05) is 0 Å². The van der Waals surface area contributed by atoms with E-state index in [0.29, 0.717) is 5.13 Å². The summed E-state index contributed by atoms with van der Waals surface area (Å²) in [6.07, 6.45) is 0.182. The van der Waals surface area contributed by atoms with Gasteiger partial charge in [0.25, 0.3) is 0 Å². The van der Waals surface area contributed by atoms with Crippen LogP contribution in [0.1, 0.15) is 10.6 Å². The molecule has 0 aliphatic rings. The molecule has 0 bridgehead atoms. The van der Waals surface area contributed by atoms with Crippen molar-refractivity contribution >= 4 is 54.1 Å². The second-order valence-electron chi connectivity index (χ2n) is 5.36. The fourth-order valence-electron chi connectivity index (χ4n) is 2.49. The molecule has 1 N–H and O–H groups in total. The number of rotatable bonds is 3. The molecule has 0 fully saturated rings. The lowest BCUT2D eigenvalue weighted by molar-refractivity contribution is -0.115. The molecule has 0 saturated heterocycles. The molecule has 0 unspecified atom stereocenters. The second kappa shape index (κ2) is 5.92. The highest BCUT2D eigenvalue weighted by molar-refractivity contribution is 7.24. The monoisotopic (exact) mass is 357 g/mol.